The summed E-state index contributed by atoms with van der Waals surface area (Å²) in [6.45, 7) is 0.862. The normalized spacial score (nSPS) is 27.8. The lowest BCUT2D eigenvalue weighted by Gasteiger charge is -2.41. The van der Waals surface area contributed by atoms with Crippen LogP contribution in [0, 0.1) is 11.8 Å². The van der Waals surface area contributed by atoms with Gasteiger partial charge in [-0.2, -0.15) is 0 Å². The van der Waals surface area contributed by atoms with E-state index in [-0.39, 0.29) is 0 Å². The molecule has 19 heavy (non-hydrogen) atoms. The molecular formula is C16H21NO2. The molecule has 1 aromatic rings. The number of allylic oxidation sites excluding steroid dienone is 2. The first-order valence-electron chi connectivity index (χ1n) is 6.92. The van der Waals surface area contributed by atoms with Crippen molar-refractivity contribution in [3.63, 3.8) is 0 Å². The molecule has 2 unspecified atom stereocenters. The Morgan fingerprint density at radius 2 is 2.16 bits per heavy atom. The van der Waals surface area contributed by atoms with Gasteiger partial charge < -0.3 is 14.8 Å². The molecule has 1 saturated carbocycles. The molecule has 2 aliphatic carbocycles. The summed E-state index contributed by atoms with van der Waals surface area (Å²) >= 11 is 0. The van der Waals surface area contributed by atoms with E-state index in [0.717, 1.165) is 29.9 Å². The van der Waals surface area contributed by atoms with Gasteiger partial charge in [-0.05, 0) is 30.7 Å². The first-order valence-corrected chi connectivity index (χ1v) is 6.92. The van der Waals surface area contributed by atoms with Crippen molar-refractivity contribution < 1.29 is 9.47 Å². The van der Waals surface area contributed by atoms with Gasteiger partial charge in [0.15, 0.2) is 0 Å². The lowest BCUT2D eigenvalue weighted by molar-refractivity contribution is 0.158. The number of hydrogen-bond acceptors (Lipinski definition) is 3. The number of methoxy groups -OCH3 is 2. The minimum absolute atomic E-state index is 0.659. The van der Waals surface area contributed by atoms with E-state index in [4.69, 9.17) is 9.47 Å². The summed E-state index contributed by atoms with van der Waals surface area (Å²) in [7, 11) is 3.38. The molecule has 0 amide bonds. The van der Waals surface area contributed by atoms with Crippen molar-refractivity contribution in [1.29, 1.82) is 0 Å². The van der Waals surface area contributed by atoms with Crippen LogP contribution in [0.2, 0.25) is 0 Å². The first-order chi connectivity index (χ1) is 9.31. The minimum atomic E-state index is 0.659. The zero-order valence-electron chi connectivity index (χ0n) is 11.6. The number of ether oxygens (including phenoxy) is 2. The van der Waals surface area contributed by atoms with Crippen LogP contribution in [-0.2, 0) is 6.54 Å². The first kappa shape index (κ1) is 12.5. The van der Waals surface area contributed by atoms with Gasteiger partial charge in [-0.25, -0.2) is 0 Å². The summed E-state index contributed by atoms with van der Waals surface area (Å²) in [5.74, 6) is 3.39. The third-order valence-corrected chi connectivity index (χ3v) is 4.43. The number of hydrogen-bond donors (Lipinski definition) is 1. The molecule has 1 N–H and O–H groups in total. The molecule has 0 aromatic heterocycles. The van der Waals surface area contributed by atoms with Crippen LogP contribution in [0.25, 0.3) is 0 Å². The van der Waals surface area contributed by atoms with Crippen LogP contribution in [0.15, 0.2) is 30.4 Å². The Morgan fingerprint density at radius 1 is 1.26 bits per heavy atom. The molecule has 0 aliphatic heterocycles. The van der Waals surface area contributed by atoms with Crippen molar-refractivity contribution in [3.8, 4) is 11.5 Å². The van der Waals surface area contributed by atoms with Gasteiger partial charge in [-0.1, -0.05) is 18.2 Å². The van der Waals surface area contributed by atoms with Crippen molar-refractivity contribution in [1.82, 2.24) is 5.32 Å². The molecular weight excluding hydrogens is 238 g/mol. The Morgan fingerprint density at radius 3 is 2.89 bits per heavy atom. The summed E-state index contributed by atoms with van der Waals surface area (Å²) in [6, 6.07) is 6.66. The lowest BCUT2D eigenvalue weighted by Crippen LogP contribution is -2.47. The van der Waals surface area contributed by atoms with E-state index in [1.807, 2.05) is 12.1 Å². The van der Waals surface area contributed by atoms with E-state index < -0.39 is 0 Å². The Balaban J connectivity index is 1.60. The summed E-state index contributed by atoms with van der Waals surface area (Å²) in [6.07, 6.45) is 7.21. The Kier molecular flexibility index (Phi) is 3.47. The fraction of sp³-hybridized carbons (Fsp3) is 0.500. The standard InChI is InChI=1S/C16H21NO2/c1-18-13-7-6-12(16(9-13)19-2)10-17-15-8-11-4-3-5-14(11)15/h3-4,6-7,9,11,14-15,17H,5,8,10H2,1-2H3/t11?,14?,15-/m1/s1. The number of rotatable bonds is 5. The molecule has 1 fully saturated rings. The van der Waals surface area contributed by atoms with Gasteiger partial charge in [0, 0.05) is 24.2 Å². The highest BCUT2D eigenvalue weighted by molar-refractivity contribution is 5.40. The summed E-state index contributed by atoms with van der Waals surface area (Å²) in [5.41, 5.74) is 1.19. The zero-order chi connectivity index (χ0) is 13.2. The van der Waals surface area contributed by atoms with E-state index in [9.17, 15) is 0 Å². The van der Waals surface area contributed by atoms with E-state index in [2.05, 4.69) is 23.5 Å². The molecule has 0 bridgehead atoms. The third kappa shape index (κ3) is 2.35. The quantitative estimate of drug-likeness (QED) is 0.825. The molecule has 102 valence electrons. The van der Waals surface area contributed by atoms with E-state index in [1.54, 1.807) is 14.2 Å². The minimum Gasteiger partial charge on any atom is -0.497 e. The average molecular weight is 259 g/mol. The molecule has 3 rings (SSSR count). The highest BCUT2D eigenvalue weighted by Gasteiger charge is 2.40. The largest absolute Gasteiger partial charge is 0.497 e. The van der Waals surface area contributed by atoms with Gasteiger partial charge >= 0.3 is 0 Å². The molecule has 0 heterocycles. The van der Waals surface area contributed by atoms with Crippen molar-refractivity contribution in [2.45, 2.75) is 25.4 Å². The van der Waals surface area contributed by atoms with Crippen LogP contribution < -0.4 is 14.8 Å². The predicted molar refractivity (Wildman–Crippen MR) is 75.5 cm³/mol. The Hall–Kier alpha value is -1.48. The van der Waals surface area contributed by atoms with Gasteiger partial charge in [0.05, 0.1) is 14.2 Å². The van der Waals surface area contributed by atoms with E-state index >= 15 is 0 Å². The second-order valence-electron chi connectivity index (χ2n) is 5.39. The summed E-state index contributed by atoms with van der Waals surface area (Å²) < 4.78 is 10.6. The fourth-order valence-electron chi connectivity index (χ4n) is 3.19. The van der Waals surface area contributed by atoms with Crippen molar-refractivity contribution in [2.24, 2.45) is 11.8 Å². The van der Waals surface area contributed by atoms with Crippen molar-refractivity contribution >= 4 is 0 Å². The Bertz CT molecular complexity index is 484. The number of fused-ring (bicyclic) bond motifs is 1. The number of benzene rings is 1. The molecule has 3 atom stereocenters. The molecule has 0 spiro atoms. The topological polar surface area (TPSA) is 30.5 Å². The van der Waals surface area contributed by atoms with Crippen LogP contribution in [-0.4, -0.2) is 20.3 Å². The summed E-state index contributed by atoms with van der Waals surface area (Å²) in [4.78, 5) is 0. The zero-order valence-corrected chi connectivity index (χ0v) is 11.6. The molecule has 3 heteroatoms. The summed E-state index contributed by atoms with van der Waals surface area (Å²) in [5, 5.41) is 3.66. The van der Waals surface area contributed by atoms with Gasteiger partial charge in [0.25, 0.3) is 0 Å². The average Bonchev–Trinajstić information content (AvgIpc) is 2.80. The van der Waals surface area contributed by atoms with E-state index in [0.29, 0.717) is 6.04 Å². The highest BCUT2D eigenvalue weighted by Crippen LogP contribution is 2.42. The van der Waals surface area contributed by atoms with Crippen molar-refractivity contribution in [3.05, 3.63) is 35.9 Å². The SMILES string of the molecule is COc1ccc(CN[C@@H]2CC3C=CCC32)c(OC)c1. The smallest absolute Gasteiger partial charge is 0.127 e. The predicted octanol–water partition coefficient (Wildman–Crippen LogP) is 2.76. The molecule has 2 aliphatic rings. The molecule has 3 nitrogen and oxygen atoms in total. The van der Waals surface area contributed by atoms with Gasteiger partial charge in [-0.15, -0.1) is 0 Å². The second-order valence-corrected chi connectivity index (χ2v) is 5.39. The molecule has 0 saturated heterocycles. The van der Waals surface area contributed by atoms with Gasteiger partial charge in [0.2, 0.25) is 0 Å². The van der Waals surface area contributed by atoms with E-state index in [1.165, 1.54) is 18.4 Å². The molecule has 1 aromatic carbocycles. The maximum Gasteiger partial charge on any atom is 0.127 e. The third-order valence-electron chi connectivity index (χ3n) is 4.43. The lowest BCUT2D eigenvalue weighted by atomic mass is 9.71. The monoisotopic (exact) mass is 259 g/mol. The van der Waals surface area contributed by atoms with Crippen LogP contribution >= 0.6 is 0 Å². The Labute approximate surface area is 114 Å². The number of nitrogens with one attached hydrogen (secondary N) is 1. The fourth-order valence-corrected chi connectivity index (χ4v) is 3.19. The second kappa shape index (κ2) is 5.25. The van der Waals surface area contributed by atoms with Crippen LogP contribution in [0.3, 0.4) is 0 Å². The van der Waals surface area contributed by atoms with Gasteiger partial charge in [-0.3, -0.25) is 0 Å². The highest BCUT2D eigenvalue weighted by atomic mass is 16.5. The van der Waals surface area contributed by atoms with Gasteiger partial charge in [0.1, 0.15) is 11.5 Å². The van der Waals surface area contributed by atoms with Crippen molar-refractivity contribution in [2.75, 3.05) is 14.2 Å². The van der Waals surface area contributed by atoms with Crippen LogP contribution in [0.4, 0.5) is 0 Å². The maximum absolute atomic E-state index is 5.43. The maximum atomic E-state index is 5.43. The van der Waals surface area contributed by atoms with Crippen LogP contribution in [0.5, 0.6) is 11.5 Å². The van der Waals surface area contributed by atoms with Crippen LogP contribution in [0.1, 0.15) is 18.4 Å². The molecule has 0 radical (unpaired) electrons.